The van der Waals surface area contributed by atoms with Gasteiger partial charge in [-0.15, -0.1) is 0 Å². The van der Waals surface area contributed by atoms with Crippen molar-refractivity contribution in [3.05, 3.63) is 71.3 Å². The van der Waals surface area contributed by atoms with Crippen LogP contribution in [0.4, 0.5) is 0 Å². The van der Waals surface area contributed by atoms with Crippen molar-refractivity contribution in [2.24, 2.45) is 16.6 Å². The zero-order valence-electron chi connectivity index (χ0n) is 19.0. The Kier molecular flexibility index (Phi) is 7.43. The maximum Gasteiger partial charge on any atom is 0.248 e. The normalized spacial score (nSPS) is 21.8. The summed E-state index contributed by atoms with van der Waals surface area (Å²) in [6.45, 7) is 7.78. The van der Waals surface area contributed by atoms with Crippen LogP contribution in [-0.4, -0.2) is 53.9 Å². The summed E-state index contributed by atoms with van der Waals surface area (Å²) in [6.07, 6.45) is 3.71. The molecule has 0 aromatic heterocycles. The Morgan fingerprint density at radius 2 is 1.91 bits per heavy atom. The van der Waals surface area contributed by atoms with Crippen molar-refractivity contribution >= 4 is 11.9 Å². The van der Waals surface area contributed by atoms with Gasteiger partial charge in [0, 0.05) is 37.8 Å². The number of hydrogen-bond donors (Lipinski definition) is 2. The summed E-state index contributed by atoms with van der Waals surface area (Å²) in [5.41, 5.74) is 8.36. The van der Waals surface area contributed by atoms with Gasteiger partial charge in [-0.2, -0.15) is 0 Å². The number of primary amides is 1. The standard InChI is InChI=1S/C26H35N5O/c1-2-28-26(29-17-21-10-6-11-22(16-21)25(27)32)31-15-13-24-23(19-31)12-7-14-30(24)18-20-8-4-3-5-9-20/h3-6,8-11,16,23-24H,2,7,12-15,17-19H2,1H3,(H2,27,32)(H,28,29). The van der Waals surface area contributed by atoms with Gasteiger partial charge in [0.25, 0.3) is 0 Å². The van der Waals surface area contributed by atoms with Crippen LogP contribution in [0.15, 0.2) is 59.6 Å². The number of guanidine groups is 1. The summed E-state index contributed by atoms with van der Waals surface area (Å²) in [5.74, 6) is 1.24. The third-order valence-electron chi connectivity index (χ3n) is 6.67. The van der Waals surface area contributed by atoms with E-state index in [0.29, 0.717) is 24.1 Å². The lowest BCUT2D eigenvalue weighted by molar-refractivity contribution is 0.0372. The molecule has 0 saturated carbocycles. The van der Waals surface area contributed by atoms with Gasteiger partial charge in [0.1, 0.15) is 0 Å². The Morgan fingerprint density at radius 3 is 2.69 bits per heavy atom. The van der Waals surface area contributed by atoms with Crippen molar-refractivity contribution in [3.8, 4) is 0 Å². The lowest BCUT2D eigenvalue weighted by Gasteiger charge is -2.48. The lowest BCUT2D eigenvalue weighted by Crippen LogP contribution is -2.56. The zero-order valence-corrected chi connectivity index (χ0v) is 19.0. The summed E-state index contributed by atoms with van der Waals surface area (Å²) in [7, 11) is 0. The first-order chi connectivity index (χ1) is 15.6. The molecule has 0 bridgehead atoms. The maximum atomic E-state index is 11.5. The molecule has 2 aliphatic heterocycles. The molecule has 3 N–H and O–H groups in total. The van der Waals surface area contributed by atoms with E-state index in [4.69, 9.17) is 10.7 Å². The van der Waals surface area contributed by atoms with Crippen LogP contribution in [-0.2, 0) is 13.1 Å². The van der Waals surface area contributed by atoms with Crippen LogP contribution in [0, 0.1) is 5.92 Å². The molecule has 6 heteroatoms. The molecule has 2 heterocycles. The molecule has 2 fully saturated rings. The number of rotatable bonds is 6. The van der Waals surface area contributed by atoms with E-state index < -0.39 is 5.91 Å². The molecule has 0 aliphatic carbocycles. The average molecular weight is 434 g/mol. The number of nitrogens with zero attached hydrogens (tertiary/aromatic N) is 3. The third-order valence-corrected chi connectivity index (χ3v) is 6.67. The van der Waals surface area contributed by atoms with Gasteiger partial charge in [-0.25, -0.2) is 4.99 Å². The quantitative estimate of drug-likeness (QED) is 0.542. The minimum atomic E-state index is -0.401. The summed E-state index contributed by atoms with van der Waals surface area (Å²) >= 11 is 0. The van der Waals surface area contributed by atoms with Crippen molar-refractivity contribution in [2.45, 2.75) is 45.3 Å². The molecule has 1 amide bonds. The monoisotopic (exact) mass is 433 g/mol. The van der Waals surface area contributed by atoms with Gasteiger partial charge in [0.15, 0.2) is 5.96 Å². The second kappa shape index (κ2) is 10.6. The number of carbonyl (C=O) groups is 1. The number of nitrogens with two attached hydrogens (primary N) is 1. The van der Waals surface area contributed by atoms with Gasteiger partial charge in [-0.05, 0) is 61.9 Å². The first-order valence-electron chi connectivity index (χ1n) is 11.8. The third kappa shape index (κ3) is 5.49. The number of amides is 1. The molecule has 2 unspecified atom stereocenters. The van der Waals surface area contributed by atoms with E-state index in [9.17, 15) is 4.79 Å². The zero-order chi connectivity index (χ0) is 22.3. The highest BCUT2D eigenvalue weighted by molar-refractivity contribution is 5.92. The largest absolute Gasteiger partial charge is 0.366 e. The van der Waals surface area contributed by atoms with Gasteiger partial charge in [-0.1, -0.05) is 42.5 Å². The van der Waals surface area contributed by atoms with E-state index >= 15 is 0 Å². The molecular weight excluding hydrogens is 398 g/mol. The van der Waals surface area contributed by atoms with Crippen molar-refractivity contribution in [3.63, 3.8) is 0 Å². The van der Waals surface area contributed by atoms with Crippen molar-refractivity contribution in [1.29, 1.82) is 0 Å². The van der Waals surface area contributed by atoms with Gasteiger partial charge in [0.05, 0.1) is 6.54 Å². The fourth-order valence-corrected chi connectivity index (χ4v) is 5.13. The van der Waals surface area contributed by atoms with E-state index in [1.54, 1.807) is 6.07 Å². The van der Waals surface area contributed by atoms with Crippen LogP contribution < -0.4 is 11.1 Å². The predicted octanol–water partition coefficient (Wildman–Crippen LogP) is 3.24. The van der Waals surface area contributed by atoms with Crippen LogP contribution >= 0.6 is 0 Å². The lowest BCUT2D eigenvalue weighted by atomic mass is 9.83. The smallest absolute Gasteiger partial charge is 0.248 e. The molecule has 2 aliphatic rings. The van der Waals surface area contributed by atoms with Crippen LogP contribution in [0.1, 0.15) is 47.7 Å². The summed E-state index contributed by atoms with van der Waals surface area (Å²) in [4.78, 5) is 21.5. The Labute approximate surface area is 191 Å². The summed E-state index contributed by atoms with van der Waals surface area (Å²) < 4.78 is 0. The molecule has 0 spiro atoms. The molecule has 32 heavy (non-hydrogen) atoms. The SMILES string of the molecule is CCNC(=NCc1cccc(C(N)=O)c1)N1CCC2C(CCCN2Cc2ccccc2)C1. The molecule has 2 atom stereocenters. The Balaban J connectivity index is 1.42. The minimum absolute atomic E-state index is 0.401. The first kappa shape index (κ1) is 22.3. The first-order valence-corrected chi connectivity index (χ1v) is 11.8. The molecule has 0 radical (unpaired) electrons. The number of piperidine rings is 2. The van der Waals surface area contributed by atoms with E-state index in [-0.39, 0.29) is 0 Å². The Morgan fingerprint density at radius 1 is 1.09 bits per heavy atom. The van der Waals surface area contributed by atoms with E-state index in [0.717, 1.165) is 37.7 Å². The molecule has 2 saturated heterocycles. The van der Waals surface area contributed by atoms with Crippen LogP contribution in [0.2, 0.25) is 0 Å². The number of aliphatic imine (C=N–C) groups is 1. The van der Waals surface area contributed by atoms with Crippen molar-refractivity contribution < 1.29 is 4.79 Å². The van der Waals surface area contributed by atoms with Crippen molar-refractivity contribution in [2.75, 3.05) is 26.2 Å². The minimum Gasteiger partial charge on any atom is -0.366 e. The topological polar surface area (TPSA) is 74.0 Å². The highest BCUT2D eigenvalue weighted by atomic mass is 16.1. The second-order valence-corrected chi connectivity index (χ2v) is 8.90. The molecular formula is C26H35N5O. The average Bonchev–Trinajstić information content (AvgIpc) is 2.82. The fraction of sp³-hybridized carbons (Fsp3) is 0.462. The molecule has 4 rings (SSSR count). The summed E-state index contributed by atoms with van der Waals surface area (Å²) in [6, 6.07) is 18.9. The fourth-order valence-electron chi connectivity index (χ4n) is 5.13. The number of nitrogens with one attached hydrogen (secondary N) is 1. The number of likely N-dealkylation sites (tertiary alicyclic amines) is 2. The Bertz CT molecular complexity index is 929. The van der Waals surface area contributed by atoms with E-state index in [1.165, 1.54) is 31.4 Å². The van der Waals surface area contributed by atoms with Gasteiger partial charge >= 0.3 is 0 Å². The number of carbonyl (C=O) groups excluding carboxylic acids is 1. The molecule has 6 nitrogen and oxygen atoms in total. The van der Waals surface area contributed by atoms with E-state index in [2.05, 4.69) is 52.4 Å². The van der Waals surface area contributed by atoms with Gasteiger partial charge in [0.2, 0.25) is 5.91 Å². The number of hydrogen-bond acceptors (Lipinski definition) is 3. The highest BCUT2D eigenvalue weighted by Crippen LogP contribution is 2.31. The molecule has 2 aromatic carbocycles. The van der Waals surface area contributed by atoms with Gasteiger partial charge < -0.3 is 16.0 Å². The van der Waals surface area contributed by atoms with E-state index in [1.807, 2.05) is 18.2 Å². The number of benzene rings is 2. The van der Waals surface area contributed by atoms with Gasteiger partial charge in [-0.3, -0.25) is 9.69 Å². The predicted molar refractivity (Wildman–Crippen MR) is 129 cm³/mol. The van der Waals surface area contributed by atoms with Crippen LogP contribution in [0.5, 0.6) is 0 Å². The van der Waals surface area contributed by atoms with Crippen LogP contribution in [0.25, 0.3) is 0 Å². The summed E-state index contributed by atoms with van der Waals surface area (Å²) in [5, 5.41) is 3.48. The second-order valence-electron chi connectivity index (χ2n) is 8.90. The molecule has 2 aromatic rings. The maximum absolute atomic E-state index is 11.5. The Hall–Kier alpha value is -2.86. The van der Waals surface area contributed by atoms with Crippen molar-refractivity contribution in [1.82, 2.24) is 15.1 Å². The van der Waals surface area contributed by atoms with Crippen LogP contribution in [0.3, 0.4) is 0 Å². The highest BCUT2D eigenvalue weighted by Gasteiger charge is 2.36. The number of fused-ring (bicyclic) bond motifs is 1. The molecule has 170 valence electrons.